The highest BCUT2D eigenvalue weighted by atomic mass is 32.2. The van der Waals surface area contributed by atoms with Gasteiger partial charge in [0.1, 0.15) is 5.82 Å². The third kappa shape index (κ3) is 3.29. The maximum Gasteiger partial charge on any atom is 0.279 e. The summed E-state index contributed by atoms with van der Waals surface area (Å²) in [4.78, 5) is 13.4. The molecule has 4 rings (SSSR count). The summed E-state index contributed by atoms with van der Waals surface area (Å²) in [6.45, 7) is 1.79. The average molecular weight is 392 g/mol. The van der Waals surface area contributed by atoms with Crippen LogP contribution >= 0.6 is 11.3 Å². The minimum atomic E-state index is -3.05. The predicted octanol–water partition coefficient (Wildman–Crippen LogP) is 2.52. The highest BCUT2D eigenvalue weighted by Gasteiger charge is 2.31. The summed E-state index contributed by atoms with van der Waals surface area (Å²) in [6, 6.07) is 6.78. The summed E-state index contributed by atoms with van der Waals surface area (Å²) in [6.07, 6.45) is 0.485. The Bertz CT molecular complexity index is 1050. The van der Waals surface area contributed by atoms with Crippen LogP contribution in [0.1, 0.15) is 28.6 Å². The van der Waals surface area contributed by atoms with Gasteiger partial charge >= 0.3 is 0 Å². The lowest BCUT2D eigenvalue weighted by Crippen LogP contribution is -2.19. The van der Waals surface area contributed by atoms with Gasteiger partial charge in [-0.05, 0) is 24.8 Å². The zero-order valence-corrected chi connectivity index (χ0v) is 15.5. The summed E-state index contributed by atoms with van der Waals surface area (Å²) in [5.74, 6) is 0.714. The van der Waals surface area contributed by atoms with Crippen molar-refractivity contribution in [1.29, 1.82) is 0 Å². The number of hydrogen-bond donors (Lipinski definition) is 1. The molecule has 1 amide bonds. The number of hydrogen-bond acceptors (Lipinski definition) is 7. The minimum absolute atomic E-state index is 0.0312. The zero-order chi connectivity index (χ0) is 18.3. The van der Waals surface area contributed by atoms with Crippen molar-refractivity contribution in [1.82, 2.24) is 14.9 Å². The number of nitrogens with zero attached hydrogens (tertiary/aromatic N) is 3. The van der Waals surface area contributed by atoms with Crippen LogP contribution in [-0.2, 0) is 9.84 Å². The minimum Gasteiger partial charge on any atom is -0.355 e. The average Bonchev–Trinajstić information content (AvgIpc) is 3.33. The van der Waals surface area contributed by atoms with E-state index < -0.39 is 15.7 Å². The van der Waals surface area contributed by atoms with Crippen LogP contribution in [0, 0.1) is 6.92 Å². The molecule has 1 unspecified atom stereocenters. The Labute approximate surface area is 153 Å². The lowest BCUT2D eigenvalue weighted by molar-refractivity contribution is 0.101. The van der Waals surface area contributed by atoms with E-state index in [9.17, 15) is 13.2 Å². The standard InChI is InChI=1S/C16H16N4O4S2/c1-10-7-15(20(18-10)11-4-6-26(22,23)9-11)17-16(21)12-8-13(24-19-12)14-3-2-5-25-14/h2-3,5,7-8,11H,4,6,9H2,1H3,(H,17,21). The van der Waals surface area contributed by atoms with Crippen LogP contribution in [-0.4, -0.2) is 40.8 Å². The first-order valence-electron chi connectivity index (χ1n) is 8.00. The molecule has 0 aliphatic carbocycles. The van der Waals surface area contributed by atoms with Gasteiger partial charge in [0.15, 0.2) is 21.3 Å². The summed E-state index contributed by atoms with van der Waals surface area (Å²) in [5, 5.41) is 12.8. The number of anilines is 1. The fraction of sp³-hybridized carbons (Fsp3) is 0.312. The Kier molecular flexibility index (Phi) is 4.16. The zero-order valence-electron chi connectivity index (χ0n) is 13.9. The monoisotopic (exact) mass is 392 g/mol. The topological polar surface area (TPSA) is 107 Å². The van der Waals surface area contributed by atoms with Crippen LogP contribution < -0.4 is 5.32 Å². The molecule has 0 aromatic carbocycles. The molecule has 1 atom stereocenters. The van der Waals surface area contributed by atoms with Crippen molar-refractivity contribution < 1.29 is 17.7 Å². The largest absolute Gasteiger partial charge is 0.355 e. The molecule has 0 radical (unpaired) electrons. The quantitative estimate of drug-likeness (QED) is 0.731. The number of rotatable bonds is 4. The van der Waals surface area contributed by atoms with Crippen LogP contribution in [0.15, 0.2) is 34.2 Å². The van der Waals surface area contributed by atoms with E-state index in [1.807, 2.05) is 17.5 Å². The van der Waals surface area contributed by atoms with E-state index in [2.05, 4.69) is 15.6 Å². The van der Waals surface area contributed by atoms with Crippen molar-refractivity contribution >= 4 is 32.9 Å². The van der Waals surface area contributed by atoms with E-state index in [1.54, 1.807) is 23.7 Å². The Morgan fingerprint density at radius 1 is 1.42 bits per heavy atom. The molecule has 136 valence electrons. The molecule has 1 saturated heterocycles. The Morgan fingerprint density at radius 3 is 2.96 bits per heavy atom. The fourth-order valence-corrected chi connectivity index (χ4v) is 5.32. The Balaban J connectivity index is 1.55. The predicted molar refractivity (Wildman–Crippen MR) is 97.0 cm³/mol. The van der Waals surface area contributed by atoms with Gasteiger partial charge in [-0.25, -0.2) is 13.1 Å². The lowest BCUT2D eigenvalue weighted by atomic mass is 10.2. The number of carbonyl (C=O) groups is 1. The van der Waals surface area contributed by atoms with Crippen LogP contribution in [0.5, 0.6) is 0 Å². The summed E-state index contributed by atoms with van der Waals surface area (Å²) >= 11 is 1.49. The van der Waals surface area contributed by atoms with E-state index >= 15 is 0 Å². The maximum atomic E-state index is 12.5. The molecule has 3 aromatic heterocycles. The molecule has 1 N–H and O–H groups in total. The van der Waals surface area contributed by atoms with E-state index in [0.29, 0.717) is 23.7 Å². The van der Waals surface area contributed by atoms with Gasteiger partial charge in [-0.1, -0.05) is 11.2 Å². The number of carbonyl (C=O) groups excluding carboxylic acids is 1. The van der Waals surface area contributed by atoms with Crippen LogP contribution in [0.3, 0.4) is 0 Å². The Morgan fingerprint density at radius 2 is 2.27 bits per heavy atom. The summed E-state index contributed by atoms with van der Waals surface area (Å²) in [7, 11) is -3.05. The molecule has 0 spiro atoms. The molecule has 1 fully saturated rings. The lowest BCUT2D eigenvalue weighted by Gasteiger charge is -2.13. The SMILES string of the molecule is Cc1cc(NC(=O)c2cc(-c3cccs3)on2)n(C2CCS(=O)(=O)C2)n1. The molecule has 26 heavy (non-hydrogen) atoms. The number of aromatic nitrogens is 3. The third-order valence-electron chi connectivity index (χ3n) is 4.16. The van der Waals surface area contributed by atoms with Crippen molar-refractivity contribution in [2.24, 2.45) is 0 Å². The molecule has 8 nitrogen and oxygen atoms in total. The van der Waals surface area contributed by atoms with Gasteiger partial charge in [-0.3, -0.25) is 4.79 Å². The molecule has 0 bridgehead atoms. The van der Waals surface area contributed by atoms with E-state index in [1.165, 1.54) is 11.3 Å². The van der Waals surface area contributed by atoms with E-state index in [4.69, 9.17) is 4.52 Å². The van der Waals surface area contributed by atoms with Crippen molar-refractivity contribution in [2.45, 2.75) is 19.4 Å². The molecular formula is C16H16N4O4S2. The third-order valence-corrected chi connectivity index (χ3v) is 6.80. The maximum absolute atomic E-state index is 12.5. The first-order valence-corrected chi connectivity index (χ1v) is 10.7. The number of aryl methyl sites for hydroxylation is 1. The molecule has 0 saturated carbocycles. The summed E-state index contributed by atoms with van der Waals surface area (Å²) < 4.78 is 30.3. The van der Waals surface area contributed by atoms with Gasteiger partial charge in [0.25, 0.3) is 5.91 Å². The normalized spacial score (nSPS) is 18.9. The highest BCUT2D eigenvalue weighted by Crippen LogP contribution is 2.28. The molecule has 3 aromatic rings. The molecule has 1 aliphatic heterocycles. The van der Waals surface area contributed by atoms with Gasteiger partial charge in [0, 0.05) is 12.1 Å². The number of thiophene rings is 1. The smallest absolute Gasteiger partial charge is 0.279 e. The van der Waals surface area contributed by atoms with Gasteiger partial charge in [-0.2, -0.15) is 5.10 Å². The van der Waals surface area contributed by atoms with E-state index in [0.717, 1.165) is 4.88 Å². The summed E-state index contributed by atoms with van der Waals surface area (Å²) in [5.41, 5.74) is 0.849. The van der Waals surface area contributed by atoms with Gasteiger partial charge in [0.2, 0.25) is 0 Å². The Hall–Kier alpha value is -2.46. The highest BCUT2D eigenvalue weighted by molar-refractivity contribution is 7.91. The van der Waals surface area contributed by atoms with Gasteiger partial charge in [0.05, 0.1) is 28.1 Å². The van der Waals surface area contributed by atoms with Crippen molar-refractivity contribution in [3.8, 4) is 10.6 Å². The molecule has 4 heterocycles. The molecular weight excluding hydrogens is 376 g/mol. The van der Waals surface area contributed by atoms with Crippen molar-refractivity contribution in [3.05, 3.63) is 41.0 Å². The second kappa shape index (κ2) is 6.36. The van der Waals surface area contributed by atoms with Crippen molar-refractivity contribution in [3.63, 3.8) is 0 Å². The van der Waals surface area contributed by atoms with Crippen LogP contribution in [0.25, 0.3) is 10.6 Å². The second-order valence-corrected chi connectivity index (χ2v) is 9.36. The van der Waals surface area contributed by atoms with Gasteiger partial charge < -0.3 is 9.84 Å². The number of amides is 1. The molecule has 10 heteroatoms. The first-order chi connectivity index (χ1) is 12.4. The fourth-order valence-electron chi connectivity index (χ4n) is 2.95. The van der Waals surface area contributed by atoms with Crippen molar-refractivity contribution in [2.75, 3.05) is 16.8 Å². The van der Waals surface area contributed by atoms with E-state index in [-0.39, 0.29) is 23.2 Å². The molecule has 1 aliphatic rings. The second-order valence-electron chi connectivity index (χ2n) is 6.18. The number of nitrogens with one attached hydrogen (secondary N) is 1. The van der Waals surface area contributed by atoms with Crippen LogP contribution in [0.4, 0.5) is 5.82 Å². The van der Waals surface area contributed by atoms with Gasteiger partial charge in [-0.15, -0.1) is 11.3 Å². The first kappa shape index (κ1) is 17.0. The van der Waals surface area contributed by atoms with Crippen LogP contribution in [0.2, 0.25) is 0 Å². The number of sulfone groups is 1.